The van der Waals surface area contributed by atoms with Gasteiger partial charge in [-0.25, -0.2) is 0 Å². The van der Waals surface area contributed by atoms with E-state index in [-0.39, 0.29) is 5.60 Å². The molecule has 1 N–H and O–H groups in total. The van der Waals surface area contributed by atoms with Crippen molar-refractivity contribution in [2.45, 2.75) is 84.7 Å². The van der Waals surface area contributed by atoms with Crippen LogP contribution in [0.1, 0.15) is 79.1 Å². The van der Waals surface area contributed by atoms with Gasteiger partial charge in [-0.3, -0.25) is 0 Å². The van der Waals surface area contributed by atoms with Crippen molar-refractivity contribution in [1.29, 1.82) is 0 Å². The first-order chi connectivity index (χ1) is 7.43. The van der Waals surface area contributed by atoms with Gasteiger partial charge in [0.1, 0.15) is 0 Å². The van der Waals surface area contributed by atoms with Crippen LogP contribution in [0.2, 0.25) is 0 Å². The van der Waals surface area contributed by atoms with Gasteiger partial charge in [0.15, 0.2) is 0 Å². The number of hydrogen-bond acceptors (Lipinski definition) is 1. The van der Waals surface area contributed by atoms with E-state index >= 15 is 0 Å². The summed E-state index contributed by atoms with van der Waals surface area (Å²) in [5.41, 5.74) is 0.141. The molecule has 0 unspecified atom stereocenters. The molecular formula is C15H30O. The fourth-order valence-corrected chi connectivity index (χ4v) is 2.98. The minimum Gasteiger partial charge on any atom is -0.390 e. The first-order valence-electron chi connectivity index (χ1n) is 7.16. The van der Waals surface area contributed by atoms with E-state index in [0.717, 1.165) is 25.2 Å². The molecule has 1 rings (SSSR count). The molecule has 1 aliphatic rings. The maximum Gasteiger partial charge on any atom is 0.0648 e. The Hall–Kier alpha value is -0.0400. The second kappa shape index (κ2) is 5.53. The average molecular weight is 226 g/mol. The SMILES string of the molecule is CCCCC1(O)CCC(C(C)(C)CC)CC1. The van der Waals surface area contributed by atoms with E-state index in [2.05, 4.69) is 27.7 Å². The van der Waals surface area contributed by atoms with Crippen LogP contribution in [-0.2, 0) is 0 Å². The largest absolute Gasteiger partial charge is 0.390 e. The lowest BCUT2D eigenvalue weighted by molar-refractivity contribution is -0.0354. The van der Waals surface area contributed by atoms with Crippen LogP contribution in [-0.4, -0.2) is 10.7 Å². The van der Waals surface area contributed by atoms with Crippen molar-refractivity contribution in [2.24, 2.45) is 11.3 Å². The van der Waals surface area contributed by atoms with Gasteiger partial charge in [-0.1, -0.05) is 47.0 Å². The zero-order valence-electron chi connectivity index (χ0n) is 11.7. The average Bonchev–Trinajstić information content (AvgIpc) is 2.27. The summed E-state index contributed by atoms with van der Waals surface area (Å²) in [4.78, 5) is 0. The van der Waals surface area contributed by atoms with Gasteiger partial charge in [0.25, 0.3) is 0 Å². The molecule has 1 aliphatic carbocycles. The summed E-state index contributed by atoms with van der Waals surface area (Å²) in [7, 11) is 0. The fraction of sp³-hybridized carbons (Fsp3) is 1.00. The Balaban J connectivity index is 2.44. The van der Waals surface area contributed by atoms with Crippen molar-refractivity contribution in [3.05, 3.63) is 0 Å². The first-order valence-corrected chi connectivity index (χ1v) is 7.16. The Morgan fingerprint density at radius 2 is 1.75 bits per heavy atom. The van der Waals surface area contributed by atoms with Crippen molar-refractivity contribution >= 4 is 0 Å². The molecule has 16 heavy (non-hydrogen) atoms. The van der Waals surface area contributed by atoms with E-state index in [1.165, 1.54) is 32.1 Å². The van der Waals surface area contributed by atoms with Crippen LogP contribution in [0.3, 0.4) is 0 Å². The summed E-state index contributed by atoms with van der Waals surface area (Å²) in [6.45, 7) is 9.26. The normalized spacial score (nSPS) is 31.7. The summed E-state index contributed by atoms with van der Waals surface area (Å²) in [6, 6.07) is 0. The van der Waals surface area contributed by atoms with E-state index in [1.807, 2.05) is 0 Å². The van der Waals surface area contributed by atoms with Crippen molar-refractivity contribution in [3.63, 3.8) is 0 Å². The molecule has 1 saturated carbocycles. The van der Waals surface area contributed by atoms with Crippen LogP contribution in [0.15, 0.2) is 0 Å². The molecule has 96 valence electrons. The fourth-order valence-electron chi connectivity index (χ4n) is 2.98. The summed E-state index contributed by atoms with van der Waals surface area (Å²) in [5.74, 6) is 0.819. The van der Waals surface area contributed by atoms with Gasteiger partial charge in [-0.15, -0.1) is 0 Å². The monoisotopic (exact) mass is 226 g/mol. The lowest BCUT2D eigenvalue weighted by Gasteiger charge is -2.42. The first kappa shape index (κ1) is 14.0. The molecule has 0 atom stereocenters. The molecular weight excluding hydrogens is 196 g/mol. The molecule has 0 spiro atoms. The van der Waals surface area contributed by atoms with Crippen LogP contribution in [0, 0.1) is 11.3 Å². The second-order valence-corrected chi connectivity index (χ2v) is 6.44. The minimum atomic E-state index is -0.323. The summed E-state index contributed by atoms with van der Waals surface area (Å²) < 4.78 is 0. The highest BCUT2D eigenvalue weighted by molar-refractivity contribution is 4.89. The lowest BCUT2D eigenvalue weighted by Crippen LogP contribution is -2.38. The molecule has 0 saturated heterocycles. The molecule has 0 bridgehead atoms. The smallest absolute Gasteiger partial charge is 0.0648 e. The van der Waals surface area contributed by atoms with Gasteiger partial charge in [0, 0.05) is 0 Å². The van der Waals surface area contributed by atoms with Crippen molar-refractivity contribution in [1.82, 2.24) is 0 Å². The Morgan fingerprint density at radius 3 is 2.19 bits per heavy atom. The van der Waals surface area contributed by atoms with E-state index in [4.69, 9.17) is 0 Å². The number of aliphatic hydroxyl groups is 1. The van der Waals surface area contributed by atoms with Crippen LogP contribution in [0.5, 0.6) is 0 Å². The topological polar surface area (TPSA) is 20.2 Å². The number of hydrogen-bond donors (Lipinski definition) is 1. The quantitative estimate of drug-likeness (QED) is 0.730. The molecule has 0 radical (unpaired) electrons. The number of unbranched alkanes of at least 4 members (excludes halogenated alkanes) is 1. The summed E-state index contributed by atoms with van der Waals surface area (Å²) in [6.07, 6.45) is 9.16. The van der Waals surface area contributed by atoms with Gasteiger partial charge in [0.05, 0.1) is 5.60 Å². The third-order valence-corrected chi connectivity index (χ3v) is 4.93. The van der Waals surface area contributed by atoms with Crippen molar-refractivity contribution in [2.75, 3.05) is 0 Å². The van der Waals surface area contributed by atoms with Crippen LogP contribution >= 0.6 is 0 Å². The van der Waals surface area contributed by atoms with Gasteiger partial charge >= 0.3 is 0 Å². The zero-order chi connectivity index (χ0) is 12.2. The highest BCUT2D eigenvalue weighted by atomic mass is 16.3. The third-order valence-electron chi connectivity index (χ3n) is 4.93. The molecule has 0 aromatic rings. The molecule has 0 heterocycles. The molecule has 0 aromatic heterocycles. The second-order valence-electron chi connectivity index (χ2n) is 6.44. The van der Waals surface area contributed by atoms with Gasteiger partial charge < -0.3 is 5.11 Å². The van der Waals surface area contributed by atoms with Crippen LogP contribution < -0.4 is 0 Å². The molecule has 1 fully saturated rings. The van der Waals surface area contributed by atoms with Crippen molar-refractivity contribution < 1.29 is 5.11 Å². The van der Waals surface area contributed by atoms with E-state index in [9.17, 15) is 5.11 Å². The predicted molar refractivity (Wildman–Crippen MR) is 70.5 cm³/mol. The summed E-state index contributed by atoms with van der Waals surface area (Å²) >= 11 is 0. The predicted octanol–water partition coefficient (Wildman–Crippen LogP) is 4.53. The lowest BCUT2D eigenvalue weighted by atomic mass is 9.66. The molecule has 0 amide bonds. The summed E-state index contributed by atoms with van der Waals surface area (Å²) in [5, 5.41) is 10.5. The standard InChI is InChI=1S/C15H30O/c1-5-7-10-15(16)11-8-13(9-12-15)14(3,4)6-2/h13,16H,5-12H2,1-4H3. The highest BCUT2D eigenvalue weighted by Gasteiger charge is 2.37. The molecule has 1 heteroatoms. The van der Waals surface area contributed by atoms with E-state index in [0.29, 0.717) is 5.41 Å². The van der Waals surface area contributed by atoms with E-state index < -0.39 is 0 Å². The van der Waals surface area contributed by atoms with Crippen molar-refractivity contribution in [3.8, 4) is 0 Å². The van der Waals surface area contributed by atoms with Crippen LogP contribution in [0.25, 0.3) is 0 Å². The Morgan fingerprint density at radius 1 is 1.19 bits per heavy atom. The van der Waals surface area contributed by atoms with E-state index in [1.54, 1.807) is 0 Å². The molecule has 0 aromatic carbocycles. The Kier molecular flexibility index (Phi) is 4.85. The minimum absolute atomic E-state index is 0.323. The van der Waals surface area contributed by atoms with Gasteiger partial charge in [-0.2, -0.15) is 0 Å². The Bertz CT molecular complexity index is 199. The number of rotatable bonds is 5. The maximum atomic E-state index is 10.5. The molecule has 0 aliphatic heterocycles. The van der Waals surface area contributed by atoms with Gasteiger partial charge in [-0.05, 0) is 43.4 Å². The third kappa shape index (κ3) is 3.48. The molecule has 1 nitrogen and oxygen atoms in total. The van der Waals surface area contributed by atoms with Crippen LogP contribution in [0.4, 0.5) is 0 Å². The van der Waals surface area contributed by atoms with Gasteiger partial charge in [0.2, 0.25) is 0 Å². The highest BCUT2D eigenvalue weighted by Crippen LogP contribution is 2.44. The zero-order valence-corrected chi connectivity index (χ0v) is 11.7. The maximum absolute atomic E-state index is 10.5. The Labute approximate surface area is 102 Å².